The molecule has 0 fully saturated rings. The van der Waals surface area contributed by atoms with E-state index in [9.17, 15) is 4.79 Å². The van der Waals surface area contributed by atoms with Crippen molar-refractivity contribution in [1.29, 1.82) is 0 Å². The summed E-state index contributed by atoms with van der Waals surface area (Å²) in [6, 6.07) is 21.8. The molecule has 0 aliphatic heterocycles. The van der Waals surface area contributed by atoms with Gasteiger partial charge in [-0.25, -0.2) is 0 Å². The van der Waals surface area contributed by atoms with Gasteiger partial charge in [0.05, 0.1) is 24.8 Å². The maximum Gasteiger partial charge on any atom is 0.282 e. The van der Waals surface area contributed by atoms with Crippen LogP contribution in [0.15, 0.2) is 72.8 Å². The van der Waals surface area contributed by atoms with Crippen molar-refractivity contribution < 1.29 is 14.3 Å². The van der Waals surface area contributed by atoms with Crippen molar-refractivity contribution >= 4 is 23.5 Å². The van der Waals surface area contributed by atoms with Crippen LogP contribution < -0.4 is 14.8 Å². The van der Waals surface area contributed by atoms with Crippen LogP contribution in [-0.2, 0) is 6.54 Å². The first-order chi connectivity index (χ1) is 15.6. The number of carbonyl (C=O) groups is 1. The Bertz CT molecular complexity index is 1220. The van der Waals surface area contributed by atoms with Gasteiger partial charge in [-0.1, -0.05) is 35.9 Å². The molecule has 0 saturated carbocycles. The van der Waals surface area contributed by atoms with Gasteiger partial charge in [0, 0.05) is 12.1 Å². The lowest BCUT2D eigenvalue weighted by Gasteiger charge is -2.08. The summed E-state index contributed by atoms with van der Waals surface area (Å²) in [5, 5.41) is 8.02. The lowest BCUT2D eigenvalue weighted by molar-refractivity contribution is 0.0947. The van der Waals surface area contributed by atoms with Crippen molar-refractivity contribution in [1.82, 2.24) is 14.8 Å². The van der Waals surface area contributed by atoms with Gasteiger partial charge in [-0.2, -0.15) is 9.67 Å². The van der Waals surface area contributed by atoms with Gasteiger partial charge in [0.15, 0.2) is 5.82 Å². The van der Waals surface area contributed by atoms with E-state index in [1.807, 2.05) is 48.5 Å². The smallest absolute Gasteiger partial charge is 0.282 e. The van der Waals surface area contributed by atoms with Gasteiger partial charge in [0.25, 0.3) is 5.91 Å². The van der Waals surface area contributed by atoms with Crippen LogP contribution in [0.5, 0.6) is 11.5 Å². The largest absolute Gasteiger partial charge is 0.497 e. The number of halogens is 1. The maximum atomic E-state index is 13.2. The second-order valence-electron chi connectivity index (χ2n) is 6.89. The molecule has 0 saturated heterocycles. The zero-order chi connectivity index (χ0) is 22.5. The molecule has 0 atom stereocenters. The van der Waals surface area contributed by atoms with Crippen molar-refractivity contribution in [2.24, 2.45) is 0 Å². The number of nitrogens with zero attached hydrogens (tertiary/aromatic N) is 3. The van der Waals surface area contributed by atoms with E-state index in [2.05, 4.69) is 15.4 Å². The van der Waals surface area contributed by atoms with Crippen LogP contribution in [0.25, 0.3) is 11.4 Å². The third kappa shape index (κ3) is 4.58. The number of anilines is 1. The third-order valence-corrected chi connectivity index (χ3v) is 5.19. The van der Waals surface area contributed by atoms with Gasteiger partial charge >= 0.3 is 0 Å². The third-order valence-electron chi connectivity index (χ3n) is 4.86. The Morgan fingerprint density at radius 2 is 1.56 bits per heavy atom. The molecule has 7 nitrogen and oxygen atoms in total. The molecule has 0 unspecified atom stereocenters. The van der Waals surface area contributed by atoms with E-state index in [1.54, 1.807) is 38.5 Å². The molecule has 1 aromatic heterocycles. The highest BCUT2D eigenvalue weighted by atomic mass is 35.5. The number of aromatic nitrogens is 3. The van der Waals surface area contributed by atoms with E-state index < -0.39 is 0 Å². The molecule has 0 radical (unpaired) electrons. The zero-order valence-electron chi connectivity index (χ0n) is 17.6. The highest BCUT2D eigenvalue weighted by Gasteiger charge is 2.20. The minimum absolute atomic E-state index is 0.316. The Morgan fingerprint density at radius 3 is 2.19 bits per heavy atom. The summed E-state index contributed by atoms with van der Waals surface area (Å²) in [6.07, 6.45) is 0. The first-order valence-corrected chi connectivity index (χ1v) is 10.2. The summed E-state index contributed by atoms with van der Waals surface area (Å²) in [4.78, 5) is 17.8. The Labute approximate surface area is 190 Å². The number of hydrogen-bond donors (Lipinski definition) is 1. The number of rotatable bonds is 7. The molecule has 0 bridgehead atoms. The van der Waals surface area contributed by atoms with Crippen molar-refractivity contribution in [2.45, 2.75) is 6.54 Å². The Kier molecular flexibility index (Phi) is 6.37. The molecule has 0 amide bonds. The summed E-state index contributed by atoms with van der Waals surface area (Å²) < 4.78 is 11.7. The number of carbonyl (C=O) groups excluding carboxylic acids is 1. The molecule has 0 spiro atoms. The first kappa shape index (κ1) is 21.4. The average Bonchev–Trinajstić information content (AvgIpc) is 3.27. The molecule has 8 heteroatoms. The van der Waals surface area contributed by atoms with Crippen LogP contribution in [0.3, 0.4) is 0 Å². The number of hydrogen-bond acceptors (Lipinski definition) is 6. The fraction of sp³-hybridized carbons (Fsp3) is 0.125. The van der Waals surface area contributed by atoms with E-state index in [0.29, 0.717) is 28.9 Å². The van der Waals surface area contributed by atoms with Crippen molar-refractivity contribution in [3.8, 4) is 22.9 Å². The summed E-state index contributed by atoms with van der Waals surface area (Å²) >= 11 is 6.25. The van der Waals surface area contributed by atoms with Crippen LogP contribution >= 0.6 is 11.6 Å². The quantitative estimate of drug-likeness (QED) is 0.432. The lowest BCUT2D eigenvalue weighted by atomic mass is 10.2. The van der Waals surface area contributed by atoms with Gasteiger partial charge in [0.1, 0.15) is 11.5 Å². The van der Waals surface area contributed by atoms with Crippen molar-refractivity contribution in [3.05, 3.63) is 88.9 Å². The van der Waals surface area contributed by atoms with Crippen molar-refractivity contribution in [3.63, 3.8) is 0 Å². The second-order valence-corrected chi connectivity index (χ2v) is 7.29. The standard InChI is InChI=1S/C24H21ClN4O3/c1-31-18-11-7-16(8-12-18)15-26-24-27-22(17-9-13-19(32-2)14-10-17)28-29(24)23(30)20-5-3-4-6-21(20)25/h3-14H,15H2,1-2H3,(H,26,27,28). The van der Waals surface area contributed by atoms with Gasteiger partial charge in [-0.15, -0.1) is 5.10 Å². The maximum absolute atomic E-state index is 13.2. The Morgan fingerprint density at radius 1 is 0.938 bits per heavy atom. The normalized spacial score (nSPS) is 10.6. The molecular weight excluding hydrogens is 428 g/mol. The van der Waals surface area contributed by atoms with Crippen LogP contribution in [0, 0.1) is 0 Å². The Balaban J connectivity index is 1.67. The van der Waals surface area contributed by atoms with Crippen LogP contribution in [0.1, 0.15) is 15.9 Å². The fourth-order valence-electron chi connectivity index (χ4n) is 3.10. The summed E-state index contributed by atoms with van der Waals surface area (Å²) in [7, 11) is 3.22. The van der Waals surface area contributed by atoms with Crippen LogP contribution in [0.2, 0.25) is 5.02 Å². The highest BCUT2D eigenvalue weighted by Crippen LogP contribution is 2.24. The predicted octanol–water partition coefficient (Wildman–Crippen LogP) is 4.92. The molecule has 1 heterocycles. The van der Waals surface area contributed by atoms with E-state index >= 15 is 0 Å². The number of ether oxygens (including phenoxy) is 2. The highest BCUT2D eigenvalue weighted by molar-refractivity contribution is 6.33. The number of methoxy groups -OCH3 is 2. The number of benzene rings is 3. The molecule has 4 rings (SSSR count). The molecule has 0 aliphatic rings. The topological polar surface area (TPSA) is 78.3 Å². The molecule has 32 heavy (non-hydrogen) atoms. The van der Waals surface area contributed by atoms with Crippen LogP contribution in [-0.4, -0.2) is 34.9 Å². The first-order valence-electron chi connectivity index (χ1n) is 9.86. The van der Waals surface area contributed by atoms with E-state index in [-0.39, 0.29) is 5.91 Å². The molecule has 3 aromatic carbocycles. The lowest BCUT2D eigenvalue weighted by Crippen LogP contribution is -2.18. The monoisotopic (exact) mass is 448 g/mol. The van der Waals surface area contributed by atoms with Gasteiger partial charge in [-0.3, -0.25) is 4.79 Å². The summed E-state index contributed by atoms with van der Waals surface area (Å²) in [5.74, 6) is 1.84. The summed E-state index contributed by atoms with van der Waals surface area (Å²) in [6.45, 7) is 0.445. The molecule has 162 valence electrons. The molecular formula is C24H21ClN4O3. The molecule has 1 N–H and O–H groups in total. The minimum atomic E-state index is -0.375. The van der Waals surface area contributed by atoms with E-state index in [4.69, 9.17) is 21.1 Å². The van der Waals surface area contributed by atoms with Gasteiger partial charge in [0.2, 0.25) is 5.95 Å². The van der Waals surface area contributed by atoms with E-state index in [1.165, 1.54) is 4.68 Å². The minimum Gasteiger partial charge on any atom is -0.497 e. The Hall–Kier alpha value is -3.84. The van der Waals surface area contributed by atoms with Crippen molar-refractivity contribution in [2.75, 3.05) is 19.5 Å². The number of nitrogens with one attached hydrogen (secondary N) is 1. The predicted molar refractivity (Wildman–Crippen MR) is 124 cm³/mol. The molecule has 4 aromatic rings. The van der Waals surface area contributed by atoms with Gasteiger partial charge in [-0.05, 0) is 54.1 Å². The SMILES string of the molecule is COc1ccc(CNc2nc(-c3ccc(OC)cc3)nn2C(=O)c2ccccc2Cl)cc1. The van der Waals surface area contributed by atoms with Crippen LogP contribution in [0.4, 0.5) is 5.95 Å². The zero-order valence-corrected chi connectivity index (χ0v) is 18.3. The second kappa shape index (κ2) is 9.53. The fourth-order valence-corrected chi connectivity index (χ4v) is 3.32. The molecule has 0 aliphatic carbocycles. The van der Waals surface area contributed by atoms with Gasteiger partial charge < -0.3 is 14.8 Å². The summed E-state index contributed by atoms with van der Waals surface area (Å²) in [5.41, 5.74) is 2.09. The van der Waals surface area contributed by atoms with E-state index in [0.717, 1.165) is 22.6 Å². The average molecular weight is 449 g/mol.